The highest BCUT2D eigenvalue weighted by Crippen LogP contribution is 2.29. The van der Waals surface area contributed by atoms with Gasteiger partial charge in [0.2, 0.25) is 0 Å². The van der Waals surface area contributed by atoms with Gasteiger partial charge in [0.15, 0.2) is 11.6 Å². The Labute approximate surface area is 137 Å². The van der Waals surface area contributed by atoms with E-state index in [1.54, 1.807) is 12.3 Å². The fraction of sp³-hybridized carbons (Fsp3) is 0.375. The zero-order chi connectivity index (χ0) is 17.1. The van der Waals surface area contributed by atoms with E-state index in [2.05, 4.69) is 10.2 Å². The molecule has 1 fully saturated rings. The molecule has 8 heteroatoms. The van der Waals surface area contributed by atoms with Gasteiger partial charge in [-0.05, 0) is 38.1 Å². The summed E-state index contributed by atoms with van der Waals surface area (Å²) in [6.45, 7) is 2.01. The van der Waals surface area contributed by atoms with Crippen molar-refractivity contribution in [1.29, 1.82) is 0 Å². The first-order chi connectivity index (χ1) is 11.6. The number of nitro groups is 1. The summed E-state index contributed by atoms with van der Waals surface area (Å²) in [6, 6.07) is 4.86. The van der Waals surface area contributed by atoms with E-state index in [-0.39, 0.29) is 18.3 Å². The fourth-order valence-electron chi connectivity index (χ4n) is 2.98. The van der Waals surface area contributed by atoms with Gasteiger partial charge in [0.05, 0.1) is 29.4 Å². The highest BCUT2D eigenvalue weighted by Gasteiger charge is 2.26. The second kappa shape index (κ2) is 6.96. The maximum Gasteiger partial charge on any atom is 0.275 e. The maximum absolute atomic E-state index is 14.0. The van der Waals surface area contributed by atoms with Crippen molar-refractivity contribution >= 4 is 11.4 Å². The zero-order valence-electron chi connectivity index (χ0n) is 12.9. The Balaban J connectivity index is 1.78. The second-order valence-corrected chi connectivity index (χ2v) is 5.70. The molecule has 1 aromatic heterocycles. The van der Waals surface area contributed by atoms with Crippen LogP contribution in [0.4, 0.5) is 20.2 Å². The van der Waals surface area contributed by atoms with E-state index in [4.69, 9.17) is 4.42 Å². The van der Waals surface area contributed by atoms with Crippen molar-refractivity contribution in [2.45, 2.75) is 18.9 Å². The summed E-state index contributed by atoms with van der Waals surface area (Å²) in [6.07, 6.45) is 3.69. The van der Waals surface area contributed by atoms with E-state index in [1.807, 2.05) is 6.07 Å². The number of non-ortho nitro benzene ring substituents is 1. The third-order valence-corrected chi connectivity index (χ3v) is 4.16. The second-order valence-electron chi connectivity index (χ2n) is 5.70. The van der Waals surface area contributed by atoms with Crippen LogP contribution in [0.5, 0.6) is 0 Å². The normalized spacial score (nSPS) is 16.2. The molecule has 6 nitrogen and oxygen atoms in total. The molecule has 3 rings (SSSR count). The van der Waals surface area contributed by atoms with Gasteiger partial charge in [-0.1, -0.05) is 0 Å². The molecule has 0 amide bonds. The van der Waals surface area contributed by atoms with Crippen LogP contribution in [0, 0.1) is 21.7 Å². The third kappa shape index (κ3) is 3.38. The Morgan fingerprint density at radius 3 is 2.50 bits per heavy atom. The first kappa shape index (κ1) is 16.4. The molecule has 2 heterocycles. The number of likely N-dealkylation sites (tertiary alicyclic amines) is 1. The molecule has 1 N–H and O–H groups in total. The van der Waals surface area contributed by atoms with Crippen LogP contribution in [0.1, 0.15) is 24.6 Å². The van der Waals surface area contributed by atoms with Gasteiger partial charge in [-0.15, -0.1) is 0 Å². The van der Waals surface area contributed by atoms with Gasteiger partial charge < -0.3 is 9.73 Å². The molecule has 1 aliphatic rings. The summed E-state index contributed by atoms with van der Waals surface area (Å²) in [5.41, 5.74) is -0.978. The van der Waals surface area contributed by atoms with Crippen molar-refractivity contribution < 1.29 is 18.1 Å². The molecule has 0 saturated carbocycles. The van der Waals surface area contributed by atoms with E-state index in [9.17, 15) is 18.9 Å². The molecule has 0 aliphatic carbocycles. The number of hydrogen-bond acceptors (Lipinski definition) is 5. The van der Waals surface area contributed by atoms with E-state index in [0.29, 0.717) is 17.9 Å². The van der Waals surface area contributed by atoms with Crippen molar-refractivity contribution in [3.05, 3.63) is 58.0 Å². The number of hydrogen-bond donors (Lipinski definition) is 1. The number of rotatable bonds is 6. The number of benzene rings is 1. The molecule has 0 unspecified atom stereocenters. The lowest BCUT2D eigenvalue weighted by Gasteiger charge is -2.26. The maximum atomic E-state index is 14.0. The van der Waals surface area contributed by atoms with Crippen LogP contribution < -0.4 is 5.32 Å². The van der Waals surface area contributed by atoms with Crippen molar-refractivity contribution in [2.24, 2.45) is 0 Å². The van der Waals surface area contributed by atoms with Crippen LogP contribution >= 0.6 is 0 Å². The van der Waals surface area contributed by atoms with Gasteiger partial charge in [-0.3, -0.25) is 15.0 Å². The molecule has 1 saturated heterocycles. The minimum absolute atomic E-state index is 0.156. The van der Waals surface area contributed by atoms with Crippen LogP contribution in [-0.2, 0) is 0 Å². The summed E-state index contributed by atoms with van der Waals surface area (Å²) in [4.78, 5) is 12.0. The minimum Gasteiger partial charge on any atom is -0.468 e. The Morgan fingerprint density at radius 2 is 1.96 bits per heavy atom. The van der Waals surface area contributed by atoms with Gasteiger partial charge in [-0.25, -0.2) is 8.78 Å². The number of nitrogens with one attached hydrogen (secondary N) is 1. The molecule has 2 aromatic rings. The molecule has 128 valence electrons. The molecule has 1 atom stereocenters. The quantitative estimate of drug-likeness (QED) is 0.642. The van der Waals surface area contributed by atoms with Gasteiger partial charge in [0.1, 0.15) is 11.4 Å². The molecule has 0 spiro atoms. The Morgan fingerprint density at radius 1 is 1.29 bits per heavy atom. The predicted molar refractivity (Wildman–Crippen MR) is 83.8 cm³/mol. The number of furan rings is 1. The minimum atomic E-state index is -0.985. The van der Waals surface area contributed by atoms with Gasteiger partial charge in [-0.2, -0.15) is 0 Å². The van der Waals surface area contributed by atoms with E-state index in [1.165, 1.54) is 0 Å². The summed E-state index contributed by atoms with van der Waals surface area (Å²) in [5, 5.41) is 13.4. The molecule has 0 radical (unpaired) electrons. The highest BCUT2D eigenvalue weighted by atomic mass is 19.1. The average Bonchev–Trinajstić information content (AvgIpc) is 3.23. The van der Waals surface area contributed by atoms with Crippen molar-refractivity contribution in [1.82, 2.24) is 4.90 Å². The van der Waals surface area contributed by atoms with Crippen LogP contribution in [0.3, 0.4) is 0 Å². The molecule has 1 aliphatic heterocycles. The fourth-order valence-corrected chi connectivity index (χ4v) is 2.98. The Hall–Kier alpha value is -2.48. The monoisotopic (exact) mass is 337 g/mol. The summed E-state index contributed by atoms with van der Waals surface area (Å²) in [7, 11) is 0. The zero-order valence-corrected chi connectivity index (χ0v) is 12.9. The highest BCUT2D eigenvalue weighted by molar-refractivity contribution is 5.51. The lowest BCUT2D eigenvalue weighted by Crippen LogP contribution is -2.31. The molecular weight excluding hydrogens is 320 g/mol. The number of anilines is 1. The first-order valence-electron chi connectivity index (χ1n) is 7.71. The SMILES string of the molecule is O=[N+]([O-])c1cc(F)c(NC[C@@H](c2ccco2)N2CCCC2)c(F)c1. The Kier molecular flexibility index (Phi) is 4.75. The molecule has 1 aromatic carbocycles. The largest absolute Gasteiger partial charge is 0.468 e. The smallest absolute Gasteiger partial charge is 0.275 e. The average molecular weight is 337 g/mol. The molecular formula is C16H17F2N3O3. The van der Waals surface area contributed by atoms with Gasteiger partial charge in [0, 0.05) is 6.54 Å². The van der Waals surface area contributed by atoms with Crippen LogP contribution in [0.15, 0.2) is 34.9 Å². The topological polar surface area (TPSA) is 71.5 Å². The van der Waals surface area contributed by atoms with Crippen LogP contribution in [-0.4, -0.2) is 29.5 Å². The van der Waals surface area contributed by atoms with Crippen molar-refractivity contribution in [3.63, 3.8) is 0 Å². The third-order valence-electron chi connectivity index (χ3n) is 4.16. The predicted octanol–water partition coefficient (Wildman–Crippen LogP) is 3.72. The van der Waals surface area contributed by atoms with Crippen molar-refractivity contribution in [2.75, 3.05) is 25.0 Å². The lowest BCUT2D eigenvalue weighted by atomic mass is 10.1. The van der Waals surface area contributed by atoms with Crippen LogP contribution in [0.25, 0.3) is 0 Å². The lowest BCUT2D eigenvalue weighted by molar-refractivity contribution is -0.385. The summed E-state index contributed by atoms with van der Waals surface area (Å²) < 4.78 is 33.4. The van der Waals surface area contributed by atoms with E-state index >= 15 is 0 Å². The van der Waals surface area contributed by atoms with Crippen molar-refractivity contribution in [3.8, 4) is 0 Å². The summed E-state index contributed by atoms with van der Waals surface area (Å²) in [5.74, 6) is -1.25. The van der Waals surface area contributed by atoms with Gasteiger partial charge >= 0.3 is 0 Å². The van der Waals surface area contributed by atoms with E-state index in [0.717, 1.165) is 25.9 Å². The van der Waals surface area contributed by atoms with Crippen LogP contribution in [0.2, 0.25) is 0 Å². The Bertz CT molecular complexity index is 692. The molecule has 24 heavy (non-hydrogen) atoms. The number of nitro benzene ring substituents is 1. The summed E-state index contributed by atoms with van der Waals surface area (Å²) >= 11 is 0. The molecule has 0 bridgehead atoms. The van der Waals surface area contributed by atoms with Gasteiger partial charge in [0.25, 0.3) is 5.69 Å². The standard InChI is InChI=1S/C16H17F2N3O3/c17-12-8-11(21(22)23)9-13(18)16(12)19-10-14(15-4-3-7-24-15)20-5-1-2-6-20/h3-4,7-9,14,19H,1-2,5-6,10H2/t14-/m0/s1. The first-order valence-corrected chi connectivity index (χ1v) is 7.71. The van der Waals surface area contributed by atoms with E-state index < -0.39 is 22.2 Å². The number of nitrogens with zero attached hydrogens (tertiary/aromatic N) is 2. The number of halogens is 2.